The summed E-state index contributed by atoms with van der Waals surface area (Å²) >= 11 is 0. The number of hydrogen-bond donors (Lipinski definition) is 0. The fourth-order valence-electron chi connectivity index (χ4n) is 1.66. The third-order valence-electron chi connectivity index (χ3n) is 2.55. The summed E-state index contributed by atoms with van der Waals surface area (Å²) in [4.78, 5) is 21.7. The van der Waals surface area contributed by atoms with Crippen LogP contribution in [-0.4, -0.2) is 9.49 Å². The monoisotopic (exact) mass is 230 g/mol. The van der Waals surface area contributed by atoms with Crippen molar-refractivity contribution >= 4 is 5.69 Å². The van der Waals surface area contributed by atoms with Gasteiger partial charge in [0.25, 0.3) is 0 Å². The van der Waals surface area contributed by atoms with Crippen LogP contribution < -0.4 is 5.56 Å². The normalized spacial score (nSPS) is 10.2. The summed E-state index contributed by atoms with van der Waals surface area (Å²) in [6, 6.07) is 12.1. The van der Waals surface area contributed by atoms with E-state index in [1.54, 1.807) is 6.07 Å². The van der Waals surface area contributed by atoms with E-state index in [4.69, 9.17) is 0 Å². The molecule has 1 heterocycles. The van der Waals surface area contributed by atoms with Crippen LogP contribution in [0.3, 0.4) is 0 Å². The van der Waals surface area contributed by atoms with Gasteiger partial charge in [-0.3, -0.25) is 14.9 Å². The van der Waals surface area contributed by atoms with Crippen LogP contribution >= 0.6 is 0 Å². The van der Waals surface area contributed by atoms with Crippen molar-refractivity contribution < 1.29 is 4.92 Å². The van der Waals surface area contributed by atoms with E-state index >= 15 is 0 Å². The lowest BCUT2D eigenvalue weighted by Crippen LogP contribution is -2.20. The molecule has 1 aromatic carbocycles. The first-order valence-corrected chi connectivity index (χ1v) is 5.01. The minimum Gasteiger partial charge on any atom is -0.305 e. The Kier molecular flexibility index (Phi) is 2.74. The maximum absolute atomic E-state index is 11.7. The molecule has 0 saturated carbocycles. The number of nitro groups is 1. The third kappa shape index (κ3) is 1.94. The highest BCUT2D eigenvalue weighted by atomic mass is 16.6. The molecule has 86 valence electrons. The highest BCUT2D eigenvalue weighted by molar-refractivity contribution is 5.60. The molecule has 17 heavy (non-hydrogen) atoms. The molecule has 0 aliphatic heterocycles. The average Bonchev–Trinajstić information content (AvgIpc) is 2.33. The van der Waals surface area contributed by atoms with Gasteiger partial charge in [-0.15, -0.1) is 0 Å². The Balaban J connectivity index is 2.64. The van der Waals surface area contributed by atoms with Crippen LogP contribution in [0.5, 0.6) is 0 Å². The molecule has 0 spiro atoms. The Labute approximate surface area is 97.1 Å². The topological polar surface area (TPSA) is 65.1 Å². The Morgan fingerprint density at radius 2 is 1.76 bits per heavy atom. The van der Waals surface area contributed by atoms with Crippen molar-refractivity contribution in [2.75, 3.05) is 0 Å². The van der Waals surface area contributed by atoms with Crippen molar-refractivity contribution in [1.29, 1.82) is 0 Å². The van der Waals surface area contributed by atoms with E-state index < -0.39 is 16.2 Å². The molecular formula is C12H10N2O3. The number of benzene rings is 1. The second-order valence-corrected chi connectivity index (χ2v) is 3.59. The van der Waals surface area contributed by atoms with Crippen molar-refractivity contribution in [2.24, 2.45) is 7.05 Å². The van der Waals surface area contributed by atoms with Gasteiger partial charge in [0, 0.05) is 13.1 Å². The van der Waals surface area contributed by atoms with E-state index in [0.717, 1.165) is 5.56 Å². The fraction of sp³-hybridized carbons (Fsp3) is 0.0833. The fourth-order valence-corrected chi connectivity index (χ4v) is 1.66. The van der Waals surface area contributed by atoms with E-state index in [9.17, 15) is 14.9 Å². The smallest absolute Gasteiger partial charge is 0.305 e. The molecule has 0 aliphatic carbocycles. The molecule has 2 aromatic rings. The first kappa shape index (κ1) is 11.1. The lowest BCUT2D eigenvalue weighted by Gasteiger charge is -2.07. The largest absolute Gasteiger partial charge is 0.334 e. The molecule has 5 heteroatoms. The molecule has 0 saturated heterocycles. The molecule has 0 atom stereocenters. The predicted octanol–water partition coefficient (Wildman–Crippen LogP) is 1.96. The maximum Gasteiger partial charge on any atom is 0.334 e. The van der Waals surface area contributed by atoms with Crippen molar-refractivity contribution in [1.82, 2.24) is 4.57 Å². The van der Waals surface area contributed by atoms with Gasteiger partial charge >= 0.3 is 11.2 Å². The van der Waals surface area contributed by atoms with E-state index in [-0.39, 0.29) is 0 Å². The highest BCUT2D eigenvalue weighted by Crippen LogP contribution is 2.18. The van der Waals surface area contributed by atoms with Crippen LogP contribution in [0.2, 0.25) is 0 Å². The van der Waals surface area contributed by atoms with Gasteiger partial charge in [-0.2, -0.15) is 0 Å². The number of nitrogens with zero attached hydrogens (tertiary/aromatic N) is 2. The highest BCUT2D eigenvalue weighted by Gasteiger charge is 2.15. The molecule has 0 radical (unpaired) electrons. The van der Waals surface area contributed by atoms with Crippen molar-refractivity contribution in [3.05, 3.63) is 62.9 Å². The second-order valence-electron chi connectivity index (χ2n) is 3.59. The number of aromatic nitrogens is 1. The zero-order chi connectivity index (χ0) is 12.4. The molecule has 0 bridgehead atoms. The standard InChI is InChI=1S/C12H10N2O3/c1-13-10(9-5-3-2-4-6-9)7-8-11(12(13)15)14(16)17/h2-8H,1H3. The predicted molar refractivity (Wildman–Crippen MR) is 63.8 cm³/mol. The summed E-state index contributed by atoms with van der Waals surface area (Å²) in [6.07, 6.45) is 0. The third-order valence-corrected chi connectivity index (χ3v) is 2.55. The van der Waals surface area contributed by atoms with Crippen molar-refractivity contribution in [3.63, 3.8) is 0 Å². The van der Waals surface area contributed by atoms with Gasteiger partial charge in [0.05, 0.1) is 10.6 Å². The van der Waals surface area contributed by atoms with Gasteiger partial charge in [-0.1, -0.05) is 30.3 Å². The van der Waals surface area contributed by atoms with Gasteiger partial charge in [0.2, 0.25) is 0 Å². The molecule has 0 amide bonds. The zero-order valence-electron chi connectivity index (χ0n) is 9.16. The van der Waals surface area contributed by atoms with Crippen LogP contribution in [0.4, 0.5) is 5.69 Å². The molecular weight excluding hydrogens is 220 g/mol. The van der Waals surface area contributed by atoms with E-state index in [0.29, 0.717) is 5.69 Å². The van der Waals surface area contributed by atoms with E-state index in [2.05, 4.69) is 0 Å². The van der Waals surface area contributed by atoms with Gasteiger partial charge < -0.3 is 4.57 Å². The first-order chi connectivity index (χ1) is 8.11. The van der Waals surface area contributed by atoms with E-state index in [1.807, 2.05) is 30.3 Å². The summed E-state index contributed by atoms with van der Waals surface area (Å²) in [5.41, 5.74) is 0.492. The van der Waals surface area contributed by atoms with Crippen molar-refractivity contribution in [3.8, 4) is 11.3 Å². The summed E-state index contributed by atoms with van der Waals surface area (Å²) in [5, 5.41) is 10.6. The van der Waals surface area contributed by atoms with Gasteiger partial charge in [-0.05, 0) is 11.6 Å². The molecule has 0 aliphatic rings. The summed E-state index contributed by atoms with van der Waals surface area (Å²) < 4.78 is 1.29. The van der Waals surface area contributed by atoms with Gasteiger partial charge in [0.15, 0.2) is 0 Å². The molecule has 0 fully saturated rings. The minimum atomic E-state index is -0.670. The van der Waals surface area contributed by atoms with E-state index in [1.165, 1.54) is 17.7 Å². The lowest BCUT2D eigenvalue weighted by atomic mass is 10.1. The summed E-state index contributed by atoms with van der Waals surface area (Å²) in [5.74, 6) is 0. The van der Waals surface area contributed by atoms with Gasteiger partial charge in [0.1, 0.15) is 0 Å². The molecule has 1 aromatic heterocycles. The molecule has 0 unspecified atom stereocenters. The zero-order valence-corrected chi connectivity index (χ0v) is 9.16. The molecule has 2 rings (SSSR count). The Morgan fingerprint density at radius 1 is 1.12 bits per heavy atom. The lowest BCUT2D eigenvalue weighted by molar-refractivity contribution is -0.386. The van der Waals surface area contributed by atoms with Crippen LogP contribution in [0.25, 0.3) is 11.3 Å². The molecule has 0 N–H and O–H groups in total. The van der Waals surface area contributed by atoms with Crippen LogP contribution in [0.1, 0.15) is 0 Å². The molecule has 5 nitrogen and oxygen atoms in total. The second kappa shape index (κ2) is 4.21. The maximum atomic E-state index is 11.7. The number of rotatable bonds is 2. The SMILES string of the molecule is Cn1c(-c2ccccc2)ccc([N+](=O)[O-])c1=O. The Bertz CT molecular complexity index is 617. The quantitative estimate of drug-likeness (QED) is 0.585. The first-order valence-electron chi connectivity index (χ1n) is 5.01. The number of hydrogen-bond acceptors (Lipinski definition) is 3. The number of pyridine rings is 1. The van der Waals surface area contributed by atoms with Crippen LogP contribution in [0, 0.1) is 10.1 Å². The average molecular weight is 230 g/mol. The van der Waals surface area contributed by atoms with Crippen LogP contribution in [0.15, 0.2) is 47.3 Å². The van der Waals surface area contributed by atoms with Gasteiger partial charge in [-0.25, -0.2) is 0 Å². The van der Waals surface area contributed by atoms with Crippen LogP contribution in [-0.2, 0) is 7.05 Å². The Morgan fingerprint density at radius 3 is 2.35 bits per heavy atom. The Hall–Kier alpha value is -2.43. The summed E-state index contributed by atoms with van der Waals surface area (Å²) in [6.45, 7) is 0. The van der Waals surface area contributed by atoms with Crippen molar-refractivity contribution in [2.45, 2.75) is 0 Å². The minimum absolute atomic E-state index is 0.410. The summed E-state index contributed by atoms with van der Waals surface area (Å²) in [7, 11) is 1.53.